The largest absolute Gasteiger partial charge is 0.391 e. The van der Waals surface area contributed by atoms with Crippen molar-refractivity contribution < 1.29 is 5.11 Å². The molecule has 2 fully saturated rings. The second-order valence-corrected chi connectivity index (χ2v) is 6.64. The Morgan fingerprint density at radius 1 is 1.05 bits per heavy atom. The molecule has 3 rings (SSSR count). The van der Waals surface area contributed by atoms with E-state index in [0.717, 1.165) is 25.3 Å². The van der Waals surface area contributed by atoms with E-state index < -0.39 is 0 Å². The number of rotatable bonds is 3. The van der Waals surface area contributed by atoms with Crippen LogP contribution >= 0.6 is 0 Å². The van der Waals surface area contributed by atoms with E-state index in [1.165, 1.54) is 43.4 Å². The number of aryl methyl sites for hydroxylation is 1. The van der Waals surface area contributed by atoms with Gasteiger partial charge in [-0.3, -0.25) is 4.90 Å². The fourth-order valence-electron chi connectivity index (χ4n) is 3.97. The molecule has 0 aromatic heterocycles. The van der Waals surface area contributed by atoms with Gasteiger partial charge in [-0.1, -0.05) is 42.7 Å². The third-order valence-corrected chi connectivity index (χ3v) is 5.15. The number of benzene rings is 1. The van der Waals surface area contributed by atoms with Crippen molar-refractivity contribution in [3.05, 3.63) is 35.4 Å². The highest BCUT2D eigenvalue weighted by atomic mass is 16.3. The highest BCUT2D eigenvalue weighted by molar-refractivity contribution is 5.22. The smallest absolute Gasteiger partial charge is 0.0699 e. The summed E-state index contributed by atoms with van der Waals surface area (Å²) in [5.41, 5.74) is 2.68. The van der Waals surface area contributed by atoms with Crippen LogP contribution in [0.2, 0.25) is 0 Å². The summed E-state index contributed by atoms with van der Waals surface area (Å²) in [7, 11) is 0. The van der Waals surface area contributed by atoms with Crippen molar-refractivity contribution in [2.45, 2.75) is 70.1 Å². The summed E-state index contributed by atoms with van der Waals surface area (Å²) in [5, 5.41) is 10.5. The van der Waals surface area contributed by atoms with E-state index in [4.69, 9.17) is 0 Å². The summed E-state index contributed by atoms with van der Waals surface area (Å²) < 4.78 is 0. The second-order valence-electron chi connectivity index (χ2n) is 6.64. The van der Waals surface area contributed by atoms with Gasteiger partial charge < -0.3 is 5.11 Å². The van der Waals surface area contributed by atoms with Gasteiger partial charge in [0.2, 0.25) is 0 Å². The van der Waals surface area contributed by atoms with Crippen LogP contribution in [0.25, 0.3) is 0 Å². The topological polar surface area (TPSA) is 23.5 Å². The lowest BCUT2D eigenvalue weighted by Crippen LogP contribution is -2.53. The molecule has 1 aromatic rings. The van der Waals surface area contributed by atoms with E-state index >= 15 is 0 Å². The zero-order chi connectivity index (χ0) is 13.9. The maximum Gasteiger partial charge on any atom is 0.0699 e. The number of hydrogen-bond acceptors (Lipinski definition) is 2. The molecule has 0 amide bonds. The minimum atomic E-state index is -0.148. The van der Waals surface area contributed by atoms with E-state index in [0.29, 0.717) is 6.04 Å². The minimum Gasteiger partial charge on any atom is -0.391 e. The maximum atomic E-state index is 10.5. The van der Waals surface area contributed by atoms with Crippen molar-refractivity contribution >= 4 is 0 Å². The van der Waals surface area contributed by atoms with E-state index in [1.807, 2.05) is 0 Å². The Kier molecular flexibility index (Phi) is 4.42. The van der Waals surface area contributed by atoms with Gasteiger partial charge in [-0.15, -0.1) is 0 Å². The van der Waals surface area contributed by atoms with Gasteiger partial charge in [0.05, 0.1) is 6.10 Å². The molecule has 2 atom stereocenters. The van der Waals surface area contributed by atoms with Gasteiger partial charge in [0.15, 0.2) is 0 Å². The van der Waals surface area contributed by atoms with E-state index in [1.54, 1.807) is 0 Å². The lowest BCUT2D eigenvalue weighted by molar-refractivity contribution is -0.0108. The normalized spacial score (nSPS) is 28.9. The Morgan fingerprint density at radius 2 is 1.75 bits per heavy atom. The number of piperidine rings is 1. The quantitative estimate of drug-likeness (QED) is 0.913. The van der Waals surface area contributed by atoms with Crippen molar-refractivity contribution in [2.24, 2.45) is 0 Å². The molecule has 1 aliphatic carbocycles. The van der Waals surface area contributed by atoms with Crippen LogP contribution in [-0.2, 0) is 6.42 Å². The number of hydrogen-bond donors (Lipinski definition) is 1. The van der Waals surface area contributed by atoms with Crippen molar-refractivity contribution in [2.75, 3.05) is 6.54 Å². The molecular weight excluding hydrogens is 246 g/mol. The molecule has 0 spiro atoms. The van der Waals surface area contributed by atoms with Crippen LogP contribution in [0.3, 0.4) is 0 Å². The average molecular weight is 273 g/mol. The predicted octanol–water partition coefficient (Wildman–Crippen LogP) is 3.31. The molecule has 1 saturated carbocycles. The van der Waals surface area contributed by atoms with Crippen molar-refractivity contribution in [1.82, 2.24) is 4.90 Å². The predicted molar refractivity (Wildman–Crippen MR) is 82.9 cm³/mol. The first kappa shape index (κ1) is 14.1. The third-order valence-electron chi connectivity index (χ3n) is 5.15. The molecule has 20 heavy (non-hydrogen) atoms. The first-order valence-electron chi connectivity index (χ1n) is 8.23. The standard InChI is InChI=1S/C18H27NO/c1-14-8-10-15(11-9-14)13-17-18(20)7-4-12-19(17)16-5-2-3-6-16/h8-11,16-18,20H,2-7,12-13H2,1H3/t17-,18-/m0/s1. The number of likely N-dealkylation sites (tertiary alicyclic amines) is 1. The van der Waals surface area contributed by atoms with Gasteiger partial charge in [0.1, 0.15) is 0 Å². The number of nitrogens with zero attached hydrogens (tertiary/aromatic N) is 1. The lowest BCUT2D eigenvalue weighted by atomic mass is 9.91. The van der Waals surface area contributed by atoms with Crippen LogP contribution in [0.15, 0.2) is 24.3 Å². The molecule has 0 bridgehead atoms. The maximum absolute atomic E-state index is 10.5. The first-order chi connectivity index (χ1) is 9.74. The van der Waals surface area contributed by atoms with Gasteiger partial charge in [-0.05, 0) is 51.1 Å². The van der Waals surface area contributed by atoms with Gasteiger partial charge in [-0.2, -0.15) is 0 Å². The monoisotopic (exact) mass is 273 g/mol. The SMILES string of the molecule is Cc1ccc(C[C@H]2[C@@H](O)CCCN2C2CCCC2)cc1. The first-order valence-corrected chi connectivity index (χ1v) is 8.23. The molecule has 1 heterocycles. The van der Waals surface area contributed by atoms with Crippen LogP contribution < -0.4 is 0 Å². The Labute approximate surface area is 122 Å². The highest BCUT2D eigenvalue weighted by Gasteiger charge is 2.35. The molecule has 110 valence electrons. The Hall–Kier alpha value is -0.860. The molecule has 1 aromatic carbocycles. The van der Waals surface area contributed by atoms with E-state index in [2.05, 4.69) is 36.1 Å². The van der Waals surface area contributed by atoms with Gasteiger partial charge in [0, 0.05) is 12.1 Å². The van der Waals surface area contributed by atoms with Gasteiger partial charge in [0.25, 0.3) is 0 Å². The fraction of sp³-hybridized carbons (Fsp3) is 0.667. The highest BCUT2D eigenvalue weighted by Crippen LogP contribution is 2.31. The molecule has 2 aliphatic rings. The van der Waals surface area contributed by atoms with Crippen LogP contribution in [0.4, 0.5) is 0 Å². The molecule has 0 unspecified atom stereocenters. The summed E-state index contributed by atoms with van der Waals surface area (Å²) >= 11 is 0. The summed E-state index contributed by atoms with van der Waals surface area (Å²) in [6.45, 7) is 3.31. The molecule has 1 saturated heterocycles. The molecule has 1 N–H and O–H groups in total. The van der Waals surface area contributed by atoms with Gasteiger partial charge >= 0.3 is 0 Å². The lowest BCUT2D eigenvalue weighted by Gasteiger charge is -2.43. The summed E-state index contributed by atoms with van der Waals surface area (Å²) in [6.07, 6.45) is 8.38. The van der Waals surface area contributed by atoms with E-state index in [-0.39, 0.29) is 6.10 Å². The Balaban J connectivity index is 1.73. The zero-order valence-electron chi connectivity index (χ0n) is 12.6. The van der Waals surface area contributed by atoms with Crippen LogP contribution in [0.1, 0.15) is 49.7 Å². The summed E-state index contributed by atoms with van der Waals surface area (Å²) in [6, 6.07) is 9.87. The minimum absolute atomic E-state index is 0.148. The van der Waals surface area contributed by atoms with Crippen LogP contribution in [-0.4, -0.2) is 34.7 Å². The summed E-state index contributed by atoms with van der Waals surface area (Å²) in [5.74, 6) is 0. The van der Waals surface area contributed by atoms with Gasteiger partial charge in [-0.25, -0.2) is 0 Å². The summed E-state index contributed by atoms with van der Waals surface area (Å²) in [4.78, 5) is 2.63. The average Bonchev–Trinajstić information content (AvgIpc) is 2.97. The molecular formula is C18H27NO. The molecule has 2 heteroatoms. The van der Waals surface area contributed by atoms with Crippen molar-refractivity contribution in [3.8, 4) is 0 Å². The zero-order valence-corrected chi connectivity index (χ0v) is 12.6. The third kappa shape index (κ3) is 3.07. The van der Waals surface area contributed by atoms with Crippen LogP contribution in [0, 0.1) is 6.92 Å². The molecule has 0 radical (unpaired) electrons. The van der Waals surface area contributed by atoms with Crippen molar-refractivity contribution in [3.63, 3.8) is 0 Å². The molecule has 2 nitrogen and oxygen atoms in total. The van der Waals surface area contributed by atoms with Crippen molar-refractivity contribution in [1.29, 1.82) is 0 Å². The second kappa shape index (κ2) is 6.28. The van der Waals surface area contributed by atoms with Crippen LogP contribution in [0.5, 0.6) is 0 Å². The fourth-order valence-corrected chi connectivity index (χ4v) is 3.97. The Bertz CT molecular complexity index is 422. The number of aliphatic hydroxyl groups excluding tert-OH is 1. The van der Waals surface area contributed by atoms with E-state index in [9.17, 15) is 5.11 Å². The Morgan fingerprint density at radius 3 is 2.45 bits per heavy atom. The molecule has 1 aliphatic heterocycles. The number of aliphatic hydroxyl groups is 1.